The number of hydrogen-bond acceptors (Lipinski definition) is 3. The third kappa shape index (κ3) is 5.08. The molecule has 0 bridgehead atoms. The average Bonchev–Trinajstić information content (AvgIpc) is 2.27. The fourth-order valence-electron chi connectivity index (χ4n) is 1.15. The summed E-state index contributed by atoms with van der Waals surface area (Å²) in [4.78, 5) is 12.1. The zero-order valence-corrected chi connectivity index (χ0v) is 10.8. The van der Waals surface area contributed by atoms with Crippen LogP contribution in [0.4, 0.5) is 10.1 Å². The van der Waals surface area contributed by atoms with Crippen LogP contribution in [0.2, 0.25) is 0 Å². The van der Waals surface area contributed by atoms with Gasteiger partial charge in [0, 0.05) is 17.1 Å². The van der Waals surface area contributed by atoms with E-state index in [2.05, 4.69) is 5.32 Å². The molecule has 0 aliphatic carbocycles. The molecule has 0 unspecified atom stereocenters. The van der Waals surface area contributed by atoms with Gasteiger partial charge in [-0.2, -0.15) is 0 Å². The summed E-state index contributed by atoms with van der Waals surface area (Å²) in [5, 5.41) is 2.79. The number of halogens is 1. The monoisotopic (exact) mass is 256 g/mol. The van der Waals surface area contributed by atoms with Crippen LogP contribution in [0.3, 0.4) is 0 Å². The first-order chi connectivity index (χ1) is 7.99. The van der Waals surface area contributed by atoms with Crippen molar-refractivity contribution in [3.8, 4) is 0 Å². The highest BCUT2D eigenvalue weighted by Crippen LogP contribution is 2.25. The van der Waals surface area contributed by atoms with E-state index in [-0.39, 0.29) is 17.5 Å². The maximum atomic E-state index is 13.0. The van der Waals surface area contributed by atoms with Gasteiger partial charge >= 0.3 is 0 Å². The largest absolute Gasteiger partial charge is 0.398 e. The van der Waals surface area contributed by atoms with Gasteiger partial charge in [-0.25, -0.2) is 4.39 Å². The highest BCUT2D eigenvalue weighted by molar-refractivity contribution is 8.00. The summed E-state index contributed by atoms with van der Waals surface area (Å²) in [5.74, 6) is 0.264. The smallest absolute Gasteiger partial charge is 0.230 e. The fraction of sp³-hybridized carbons (Fsp3) is 0.417. The second-order valence-electron chi connectivity index (χ2n) is 4.17. The molecule has 0 radical (unpaired) electrons. The van der Waals surface area contributed by atoms with E-state index in [4.69, 9.17) is 5.73 Å². The number of nitrogen functional groups attached to an aromatic ring is 1. The van der Waals surface area contributed by atoms with Crippen molar-refractivity contribution in [1.82, 2.24) is 5.32 Å². The van der Waals surface area contributed by atoms with Gasteiger partial charge in [-0.05, 0) is 24.1 Å². The number of carbonyl (C=O) groups excluding carboxylic acids is 1. The van der Waals surface area contributed by atoms with Crippen molar-refractivity contribution in [2.45, 2.75) is 18.7 Å². The second kappa shape index (κ2) is 6.49. The maximum Gasteiger partial charge on any atom is 0.230 e. The molecule has 0 aliphatic rings. The molecule has 17 heavy (non-hydrogen) atoms. The fourth-order valence-corrected chi connectivity index (χ4v) is 1.96. The van der Waals surface area contributed by atoms with Crippen LogP contribution in [-0.4, -0.2) is 18.2 Å². The number of benzene rings is 1. The molecule has 3 nitrogen and oxygen atoms in total. The van der Waals surface area contributed by atoms with Crippen LogP contribution in [0.5, 0.6) is 0 Å². The summed E-state index contributed by atoms with van der Waals surface area (Å²) in [6, 6.07) is 4.15. The molecule has 0 saturated carbocycles. The minimum atomic E-state index is -0.343. The van der Waals surface area contributed by atoms with Crippen molar-refractivity contribution < 1.29 is 9.18 Å². The number of rotatable bonds is 5. The number of nitrogens with one attached hydrogen (secondary N) is 1. The highest BCUT2D eigenvalue weighted by atomic mass is 32.2. The lowest BCUT2D eigenvalue weighted by atomic mass is 10.2. The highest BCUT2D eigenvalue weighted by Gasteiger charge is 2.06. The van der Waals surface area contributed by atoms with Crippen LogP contribution in [0.25, 0.3) is 0 Å². The van der Waals surface area contributed by atoms with Crippen LogP contribution in [0.15, 0.2) is 23.1 Å². The average molecular weight is 256 g/mol. The molecule has 0 spiro atoms. The molecule has 1 aromatic carbocycles. The van der Waals surface area contributed by atoms with Crippen LogP contribution < -0.4 is 11.1 Å². The Bertz CT molecular complexity index is 396. The Morgan fingerprint density at radius 1 is 1.53 bits per heavy atom. The number of amides is 1. The standard InChI is InChI=1S/C12H17FN2OS/c1-8(2)6-15-12(16)7-17-11-5-9(13)3-4-10(11)14/h3-5,8H,6-7,14H2,1-2H3,(H,15,16). The van der Waals surface area contributed by atoms with Gasteiger partial charge in [0.1, 0.15) is 5.82 Å². The molecule has 1 aromatic rings. The molecule has 3 N–H and O–H groups in total. The lowest BCUT2D eigenvalue weighted by molar-refractivity contribution is -0.118. The lowest BCUT2D eigenvalue weighted by Crippen LogP contribution is -2.28. The van der Waals surface area contributed by atoms with Crippen molar-refractivity contribution >= 4 is 23.4 Å². The van der Waals surface area contributed by atoms with E-state index in [0.717, 1.165) is 0 Å². The number of carbonyl (C=O) groups is 1. The van der Waals surface area contributed by atoms with Crippen molar-refractivity contribution in [2.24, 2.45) is 5.92 Å². The van der Waals surface area contributed by atoms with Crippen LogP contribution in [0, 0.1) is 11.7 Å². The van der Waals surface area contributed by atoms with Gasteiger partial charge in [0.2, 0.25) is 5.91 Å². The Morgan fingerprint density at radius 3 is 2.88 bits per heavy atom. The van der Waals surface area contributed by atoms with E-state index in [1.165, 1.54) is 30.0 Å². The van der Waals surface area contributed by atoms with Gasteiger partial charge in [0.05, 0.1) is 5.75 Å². The third-order valence-corrected chi connectivity index (χ3v) is 3.11. The number of nitrogens with two attached hydrogens (primary N) is 1. The van der Waals surface area contributed by atoms with E-state index >= 15 is 0 Å². The SMILES string of the molecule is CC(C)CNC(=O)CSc1cc(F)ccc1N. The van der Waals surface area contributed by atoms with E-state index in [9.17, 15) is 9.18 Å². The van der Waals surface area contributed by atoms with Gasteiger partial charge in [-0.1, -0.05) is 13.8 Å². The van der Waals surface area contributed by atoms with Gasteiger partial charge in [-0.3, -0.25) is 4.79 Å². The predicted molar refractivity (Wildman–Crippen MR) is 69.4 cm³/mol. The summed E-state index contributed by atoms with van der Waals surface area (Å²) in [6.07, 6.45) is 0. The first kappa shape index (κ1) is 13.8. The summed E-state index contributed by atoms with van der Waals surface area (Å²) >= 11 is 1.24. The second-order valence-corrected chi connectivity index (χ2v) is 5.19. The lowest BCUT2D eigenvalue weighted by Gasteiger charge is -2.08. The van der Waals surface area contributed by atoms with Gasteiger partial charge in [0.25, 0.3) is 0 Å². The Morgan fingerprint density at radius 2 is 2.24 bits per heavy atom. The molecule has 1 amide bonds. The zero-order valence-electron chi connectivity index (χ0n) is 10.00. The summed E-state index contributed by atoms with van der Waals surface area (Å²) in [6.45, 7) is 4.70. The van der Waals surface area contributed by atoms with E-state index in [1.807, 2.05) is 13.8 Å². The first-order valence-corrected chi connectivity index (χ1v) is 6.42. The molecule has 0 aliphatic heterocycles. The molecule has 0 atom stereocenters. The molecule has 94 valence electrons. The Hall–Kier alpha value is -1.23. The predicted octanol–water partition coefficient (Wildman–Crippen LogP) is 2.27. The Balaban J connectivity index is 2.44. The summed E-state index contributed by atoms with van der Waals surface area (Å²) < 4.78 is 13.0. The summed E-state index contributed by atoms with van der Waals surface area (Å²) in [7, 11) is 0. The van der Waals surface area contributed by atoms with E-state index in [1.54, 1.807) is 0 Å². The molecular weight excluding hydrogens is 239 g/mol. The number of hydrogen-bond donors (Lipinski definition) is 2. The topological polar surface area (TPSA) is 55.1 Å². The van der Waals surface area contributed by atoms with Crippen molar-refractivity contribution in [3.63, 3.8) is 0 Å². The summed E-state index contributed by atoms with van der Waals surface area (Å²) in [5.41, 5.74) is 6.17. The molecule has 0 saturated heterocycles. The quantitative estimate of drug-likeness (QED) is 0.627. The molecule has 0 heterocycles. The van der Waals surface area contributed by atoms with Gasteiger partial charge in [-0.15, -0.1) is 11.8 Å². The van der Waals surface area contributed by atoms with E-state index in [0.29, 0.717) is 23.0 Å². The van der Waals surface area contributed by atoms with Gasteiger partial charge < -0.3 is 11.1 Å². The molecule has 5 heteroatoms. The molecule has 0 aromatic heterocycles. The molecule has 1 rings (SSSR count). The number of anilines is 1. The third-order valence-electron chi connectivity index (χ3n) is 2.04. The van der Waals surface area contributed by atoms with E-state index < -0.39 is 0 Å². The van der Waals surface area contributed by atoms with Gasteiger partial charge in [0.15, 0.2) is 0 Å². The minimum absolute atomic E-state index is 0.0626. The number of thioether (sulfide) groups is 1. The zero-order chi connectivity index (χ0) is 12.8. The molecular formula is C12H17FN2OS. The maximum absolute atomic E-state index is 13.0. The Kier molecular flexibility index (Phi) is 5.28. The van der Waals surface area contributed by atoms with Crippen molar-refractivity contribution in [2.75, 3.05) is 18.0 Å². The van der Waals surface area contributed by atoms with Crippen LogP contribution in [0.1, 0.15) is 13.8 Å². The van der Waals surface area contributed by atoms with Crippen LogP contribution >= 0.6 is 11.8 Å². The Labute approximate surface area is 105 Å². The van der Waals surface area contributed by atoms with Crippen LogP contribution in [-0.2, 0) is 4.79 Å². The first-order valence-electron chi connectivity index (χ1n) is 5.43. The molecule has 0 fully saturated rings. The van der Waals surface area contributed by atoms with Crippen molar-refractivity contribution in [1.29, 1.82) is 0 Å². The minimum Gasteiger partial charge on any atom is -0.398 e. The van der Waals surface area contributed by atoms with Crippen molar-refractivity contribution in [3.05, 3.63) is 24.0 Å². The normalized spacial score (nSPS) is 10.6.